The summed E-state index contributed by atoms with van der Waals surface area (Å²) in [5.41, 5.74) is 0. The fourth-order valence-electron chi connectivity index (χ4n) is 2.13. The van der Waals surface area contributed by atoms with Gasteiger partial charge in [-0.15, -0.1) is 0 Å². The summed E-state index contributed by atoms with van der Waals surface area (Å²) in [5.74, 6) is -1.97. The zero-order chi connectivity index (χ0) is 17.2. The fourth-order valence-corrected chi connectivity index (χ4v) is 3.11. The maximum atomic E-state index is 12.1. The van der Waals surface area contributed by atoms with E-state index in [1.54, 1.807) is 6.92 Å². The van der Waals surface area contributed by atoms with Crippen molar-refractivity contribution in [3.8, 4) is 0 Å². The van der Waals surface area contributed by atoms with Gasteiger partial charge in [0.25, 0.3) is 10.1 Å². The molecule has 0 amide bonds. The van der Waals surface area contributed by atoms with E-state index < -0.39 is 33.2 Å². The first-order valence-corrected chi connectivity index (χ1v) is 8.99. The summed E-state index contributed by atoms with van der Waals surface area (Å²) in [4.78, 5) is 23.8. The molecule has 22 heavy (non-hydrogen) atoms. The second kappa shape index (κ2) is 9.78. The lowest BCUT2D eigenvalue weighted by Gasteiger charge is -2.27. The van der Waals surface area contributed by atoms with Crippen LogP contribution in [-0.2, 0) is 29.2 Å². The Morgan fingerprint density at radius 3 is 2.05 bits per heavy atom. The molecular weight excluding hydrogens is 312 g/mol. The number of carbonyl (C=O) groups excluding carboxylic acids is 2. The minimum Gasteiger partial charge on any atom is -0.466 e. The van der Waals surface area contributed by atoms with Gasteiger partial charge in [-0.05, 0) is 20.3 Å². The molecule has 0 aliphatic rings. The Morgan fingerprint density at radius 2 is 1.59 bits per heavy atom. The van der Waals surface area contributed by atoms with Crippen molar-refractivity contribution in [2.45, 2.75) is 64.0 Å². The molecule has 0 saturated heterocycles. The maximum Gasteiger partial charge on any atom is 0.330 e. The molecule has 0 aromatic heterocycles. The topological polar surface area (TPSA) is 107 Å². The van der Waals surface area contributed by atoms with Crippen molar-refractivity contribution in [1.29, 1.82) is 0 Å². The normalized spacial score (nSPS) is 14.2. The first-order valence-electron chi connectivity index (χ1n) is 7.55. The number of rotatable bonds is 11. The van der Waals surface area contributed by atoms with E-state index >= 15 is 0 Å². The van der Waals surface area contributed by atoms with Crippen LogP contribution in [0.15, 0.2) is 0 Å². The van der Waals surface area contributed by atoms with E-state index in [-0.39, 0.29) is 19.6 Å². The fraction of sp³-hybridized carbons (Fsp3) is 0.857. The third-order valence-electron chi connectivity index (χ3n) is 3.31. The molecule has 0 bridgehead atoms. The van der Waals surface area contributed by atoms with E-state index in [0.717, 1.165) is 12.8 Å². The van der Waals surface area contributed by atoms with Crippen LogP contribution in [0.3, 0.4) is 0 Å². The first-order chi connectivity index (χ1) is 10.2. The van der Waals surface area contributed by atoms with E-state index in [9.17, 15) is 22.6 Å². The summed E-state index contributed by atoms with van der Waals surface area (Å²) in [6.45, 7) is 5.08. The van der Waals surface area contributed by atoms with Crippen molar-refractivity contribution >= 4 is 22.1 Å². The summed E-state index contributed by atoms with van der Waals surface area (Å²) in [7, 11) is -4.82. The van der Waals surface area contributed by atoms with E-state index in [4.69, 9.17) is 9.47 Å². The summed E-state index contributed by atoms with van der Waals surface area (Å²) < 4.78 is 40.4. The highest BCUT2D eigenvalue weighted by molar-refractivity contribution is 7.88. The van der Waals surface area contributed by atoms with Crippen molar-refractivity contribution in [1.82, 2.24) is 0 Å². The SMILES string of the molecule is CCCCCCC(CC(=O)OCC)(C(=O)OCC)S(=O)(=O)O. The highest BCUT2D eigenvalue weighted by atomic mass is 32.2. The third-order valence-corrected chi connectivity index (χ3v) is 4.81. The minimum atomic E-state index is -4.82. The number of unbranched alkanes of at least 4 members (excludes halogenated alkanes) is 3. The van der Waals surface area contributed by atoms with Gasteiger partial charge in [-0.2, -0.15) is 8.42 Å². The van der Waals surface area contributed by atoms with Crippen molar-refractivity contribution in [2.24, 2.45) is 0 Å². The van der Waals surface area contributed by atoms with Crippen LogP contribution < -0.4 is 0 Å². The molecule has 0 heterocycles. The van der Waals surface area contributed by atoms with Crippen molar-refractivity contribution < 1.29 is 32.0 Å². The first kappa shape index (κ1) is 20.9. The Bertz CT molecular complexity index is 458. The zero-order valence-electron chi connectivity index (χ0n) is 13.5. The van der Waals surface area contributed by atoms with Gasteiger partial charge in [0, 0.05) is 0 Å². The minimum absolute atomic E-state index is 0.0477. The average Bonchev–Trinajstić information content (AvgIpc) is 2.41. The van der Waals surface area contributed by atoms with Crippen molar-refractivity contribution in [3.05, 3.63) is 0 Å². The average molecular weight is 338 g/mol. The van der Waals surface area contributed by atoms with Crippen LogP contribution in [0.5, 0.6) is 0 Å². The second-order valence-electron chi connectivity index (χ2n) is 4.98. The molecule has 0 aliphatic heterocycles. The largest absolute Gasteiger partial charge is 0.466 e. The van der Waals surface area contributed by atoms with Gasteiger partial charge in [0.05, 0.1) is 19.6 Å². The number of esters is 2. The third kappa shape index (κ3) is 5.92. The smallest absolute Gasteiger partial charge is 0.330 e. The number of carbonyl (C=O) groups is 2. The molecule has 1 atom stereocenters. The molecule has 0 saturated carbocycles. The maximum absolute atomic E-state index is 12.1. The van der Waals surface area contributed by atoms with Gasteiger partial charge in [-0.25, -0.2) is 0 Å². The standard InChI is InChI=1S/C14H26O7S/c1-4-7-8-9-10-14(22(17,18)19,13(16)21-6-3)11-12(15)20-5-2/h4-11H2,1-3H3,(H,17,18,19). The highest BCUT2D eigenvalue weighted by Gasteiger charge is 2.53. The molecule has 8 heteroatoms. The Balaban J connectivity index is 5.43. The van der Waals surface area contributed by atoms with Gasteiger partial charge in [0.1, 0.15) is 0 Å². The summed E-state index contributed by atoms with van der Waals surface area (Å²) in [5, 5.41) is 0. The van der Waals surface area contributed by atoms with E-state index in [1.807, 2.05) is 6.92 Å². The van der Waals surface area contributed by atoms with Crippen LogP contribution in [0.25, 0.3) is 0 Å². The van der Waals surface area contributed by atoms with Crippen LogP contribution in [0.2, 0.25) is 0 Å². The number of hydrogen-bond donors (Lipinski definition) is 1. The molecule has 0 fully saturated rings. The van der Waals surface area contributed by atoms with Crippen LogP contribution in [0, 0.1) is 0 Å². The molecule has 1 unspecified atom stereocenters. The van der Waals surface area contributed by atoms with Gasteiger partial charge in [0.15, 0.2) is 0 Å². The van der Waals surface area contributed by atoms with E-state index in [2.05, 4.69) is 0 Å². The lowest BCUT2D eigenvalue weighted by Crippen LogP contribution is -2.49. The Kier molecular flexibility index (Phi) is 9.27. The predicted octanol–water partition coefficient (Wildman–Crippen LogP) is 2.10. The van der Waals surface area contributed by atoms with Crippen LogP contribution >= 0.6 is 0 Å². The number of ether oxygens (including phenoxy) is 2. The van der Waals surface area contributed by atoms with Crippen molar-refractivity contribution in [2.75, 3.05) is 13.2 Å². The summed E-state index contributed by atoms with van der Waals surface area (Å²) >= 11 is 0. The lowest BCUT2D eigenvalue weighted by atomic mass is 9.96. The van der Waals surface area contributed by atoms with E-state index in [0.29, 0.717) is 12.8 Å². The molecule has 0 radical (unpaired) electrons. The molecule has 0 aromatic carbocycles. The van der Waals surface area contributed by atoms with Gasteiger partial charge in [0.2, 0.25) is 4.75 Å². The second-order valence-corrected chi connectivity index (χ2v) is 6.71. The zero-order valence-corrected chi connectivity index (χ0v) is 14.3. The van der Waals surface area contributed by atoms with Crippen LogP contribution in [0.4, 0.5) is 0 Å². The van der Waals surface area contributed by atoms with Gasteiger partial charge >= 0.3 is 11.9 Å². The Morgan fingerprint density at radius 1 is 1.00 bits per heavy atom. The number of hydrogen-bond acceptors (Lipinski definition) is 6. The van der Waals surface area contributed by atoms with Crippen LogP contribution in [-0.4, -0.2) is 42.9 Å². The van der Waals surface area contributed by atoms with Gasteiger partial charge in [-0.3, -0.25) is 14.1 Å². The predicted molar refractivity (Wildman–Crippen MR) is 80.9 cm³/mol. The van der Waals surface area contributed by atoms with Crippen molar-refractivity contribution in [3.63, 3.8) is 0 Å². The molecule has 0 aliphatic carbocycles. The van der Waals surface area contributed by atoms with Gasteiger partial charge in [-0.1, -0.05) is 32.6 Å². The quantitative estimate of drug-likeness (QED) is 0.349. The molecular formula is C14H26O7S. The lowest BCUT2D eigenvalue weighted by molar-refractivity contribution is -0.153. The molecule has 1 N–H and O–H groups in total. The van der Waals surface area contributed by atoms with E-state index in [1.165, 1.54) is 6.92 Å². The molecule has 130 valence electrons. The molecule has 0 spiro atoms. The van der Waals surface area contributed by atoms with Gasteiger partial charge < -0.3 is 9.47 Å². The molecule has 0 rings (SSSR count). The Hall–Kier alpha value is -1.15. The van der Waals surface area contributed by atoms with Crippen LogP contribution in [0.1, 0.15) is 59.3 Å². The molecule has 7 nitrogen and oxygen atoms in total. The Labute approximate surface area is 132 Å². The molecule has 0 aromatic rings. The monoisotopic (exact) mass is 338 g/mol. The highest BCUT2D eigenvalue weighted by Crippen LogP contribution is 2.30. The summed E-state index contributed by atoms with van der Waals surface area (Å²) in [6, 6.07) is 0. The summed E-state index contributed by atoms with van der Waals surface area (Å²) in [6.07, 6.45) is 1.94.